The maximum atomic E-state index is 10.5. The number of hydrogen-bond donors (Lipinski definition) is 2. The molecule has 0 unspecified atom stereocenters. The quantitative estimate of drug-likeness (QED) is 0.607. The predicted molar refractivity (Wildman–Crippen MR) is 39.9 cm³/mol. The minimum atomic E-state index is -0.718. The molecule has 60 valence electrons. The molecule has 0 aliphatic rings. The molecule has 0 saturated carbocycles. The van der Waals surface area contributed by atoms with Gasteiger partial charge in [-0.1, -0.05) is 13.8 Å². The predicted octanol–water partition coefficient (Wildman–Crippen LogP) is 0.563. The van der Waals surface area contributed by atoms with Crippen LogP contribution in [0.3, 0.4) is 0 Å². The van der Waals surface area contributed by atoms with Gasteiger partial charge in [-0.2, -0.15) is 0 Å². The van der Waals surface area contributed by atoms with Gasteiger partial charge >= 0.3 is 5.97 Å². The van der Waals surface area contributed by atoms with Gasteiger partial charge in [0.25, 0.3) is 0 Å². The van der Waals surface area contributed by atoms with Crippen LogP contribution in [0.5, 0.6) is 0 Å². The van der Waals surface area contributed by atoms with Crippen LogP contribution in [0.1, 0.15) is 13.8 Å². The van der Waals surface area contributed by atoms with Gasteiger partial charge in [0, 0.05) is 6.54 Å². The van der Waals surface area contributed by atoms with E-state index in [0.29, 0.717) is 6.54 Å². The Morgan fingerprint density at radius 1 is 1.60 bits per heavy atom. The number of carboxylic acid groups (broad SMARTS) is 1. The summed E-state index contributed by atoms with van der Waals surface area (Å²) in [5.41, 5.74) is 0. The van der Waals surface area contributed by atoms with E-state index in [1.807, 2.05) is 13.8 Å². The van der Waals surface area contributed by atoms with E-state index in [4.69, 9.17) is 5.11 Å². The Balaban J connectivity index is 3.85. The average Bonchev–Trinajstić information content (AvgIpc) is 1.81. The van der Waals surface area contributed by atoms with Crippen molar-refractivity contribution >= 4 is 5.97 Å². The summed E-state index contributed by atoms with van der Waals surface area (Å²) in [5, 5.41) is 11.5. The second-order valence-electron chi connectivity index (χ2n) is 2.75. The van der Waals surface area contributed by atoms with Gasteiger partial charge in [-0.25, -0.2) is 0 Å². The summed E-state index contributed by atoms with van der Waals surface area (Å²) in [4.78, 5) is 10.5. The van der Waals surface area contributed by atoms with E-state index in [-0.39, 0.29) is 11.8 Å². The van der Waals surface area contributed by atoms with E-state index in [1.54, 1.807) is 7.05 Å². The first-order chi connectivity index (χ1) is 4.59. The molecule has 0 fully saturated rings. The molecular weight excluding hydrogens is 130 g/mol. The van der Waals surface area contributed by atoms with Crippen LogP contribution in [0, 0.1) is 11.8 Å². The molecule has 0 aromatic rings. The summed E-state index contributed by atoms with van der Waals surface area (Å²) in [6, 6.07) is 0. The molecule has 0 aliphatic carbocycles. The zero-order valence-corrected chi connectivity index (χ0v) is 6.72. The summed E-state index contributed by atoms with van der Waals surface area (Å²) in [7, 11) is 1.76. The van der Waals surface area contributed by atoms with Crippen molar-refractivity contribution in [3.05, 3.63) is 0 Å². The second kappa shape index (κ2) is 4.28. The number of carbonyl (C=O) groups is 1. The minimum Gasteiger partial charge on any atom is -0.481 e. The summed E-state index contributed by atoms with van der Waals surface area (Å²) in [5.74, 6) is -0.778. The van der Waals surface area contributed by atoms with Crippen LogP contribution in [0.25, 0.3) is 0 Å². The number of nitrogens with one attached hydrogen (secondary N) is 1. The lowest BCUT2D eigenvalue weighted by Crippen LogP contribution is -2.29. The summed E-state index contributed by atoms with van der Waals surface area (Å²) in [6.07, 6.45) is 0. The Bertz CT molecular complexity index is 112. The zero-order valence-electron chi connectivity index (χ0n) is 6.72. The van der Waals surface area contributed by atoms with Crippen molar-refractivity contribution in [1.29, 1.82) is 0 Å². The van der Waals surface area contributed by atoms with Gasteiger partial charge < -0.3 is 10.4 Å². The van der Waals surface area contributed by atoms with Crippen molar-refractivity contribution in [3.63, 3.8) is 0 Å². The van der Waals surface area contributed by atoms with E-state index in [9.17, 15) is 4.79 Å². The molecule has 10 heavy (non-hydrogen) atoms. The Morgan fingerprint density at radius 2 is 2.10 bits per heavy atom. The van der Waals surface area contributed by atoms with Crippen molar-refractivity contribution < 1.29 is 9.90 Å². The van der Waals surface area contributed by atoms with Gasteiger partial charge in [0.1, 0.15) is 0 Å². The van der Waals surface area contributed by atoms with Crippen molar-refractivity contribution in [2.75, 3.05) is 13.6 Å². The normalized spacial score (nSPS) is 13.6. The number of carboxylic acids is 1. The van der Waals surface area contributed by atoms with Gasteiger partial charge in [-0.15, -0.1) is 0 Å². The molecule has 0 saturated heterocycles. The molecule has 0 aliphatic heterocycles. The largest absolute Gasteiger partial charge is 0.481 e. The lowest BCUT2D eigenvalue weighted by Gasteiger charge is -2.14. The van der Waals surface area contributed by atoms with Crippen molar-refractivity contribution in [1.82, 2.24) is 5.32 Å². The van der Waals surface area contributed by atoms with E-state index < -0.39 is 5.97 Å². The van der Waals surface area contributed by atoms with Crippen molar-refractivity contribution in [2.24, 2.45) is 11.8 Å². The van der Waals surface area contributed by atoms with Crippen LogP contribution in [0.4, 0.5) is 0 Å². The maximum Gasteiger partial charge on any atom is 0.308 e. The molecule has 0 radical (unpaired) electrons. The fraction of sp³-hybridized carbons (Fsp3) is 0.857. The first kappa shape index (κ1) is 9.43. The number of hydrogen-bond acceptors (Lipinski definition) is 2. The van der Waals surface area contributed by atoms with Crippen LogP contribution >= 0.6 is 0 Å². The maximum absolute atomic E-state index is 10.5. The molecule has 2 N–H and O–H groups in total. The van der Waals surface area contributed by atoms with E-state index in [0.717, 1.165) is 0 Å². The van der Waals surface area contributed by atoms with Crippen LogP contribution in [0.15, 0.2) is 0 Å². The Labute approximate surface area is 61.4 Å². The van der Waals surface area contributed by atoms with Gasteiger partial charge in [0.2, 0.25) is 0 Å². The fourth-order valence-electron chi connectivity index (χ4n) is 0.828. The molecule has 0 bridgehead atoms. The van der Waals surface area contributed by atoms with Crippen LogP contribution in [0.2, 0.25) is 0 Å². The van der Waals surface area contributed by atoms with Crippen molar-refractivity contribution in [3.8, 4) is 0 Å². The third-order valence-electron chi connectivity index (χ3n) is 1.55. The van der Waals surface area contributed by atoms with Gasteiger partial charge in [0.15, 0.2) is 0 Å². The van der Waals surface area contributed by atoms with Gasteiger partial charge in [0.05, 0.1) is 5.92 Å². The molecule has 0 spiro atoms. The highest BCUT2D eigenvalue weighted by atomic mass is 16.4. The highest BCUT2D eigenvalue weighted by molar-refractivity contribution is 5.70. The highest BCUT2D eigenvalue weighted by Gasteiger charge is 2.19. The average molecular weight is 145 g/mol. The Hall–Kier alpha value is -0.570. The Kier molecular flexibility index (Phi) is 4.03. The van der Waals surface area contributed by atoms with Gasteiger partial charge in [-0.3, -0.25) is 4.79 Å². The summed E-state index contributed by atoms with van der Waals surface area (Å²) < 4.78 is 0. The Morgan fingerprint density at radius 3 is 2.20 bits per heavy atom. The number of rotatable bonds is 4. The lowest BCUT2D eigenvalue weighted by molar-refractivity contribution is -0.143. The minimum absolute atomic E-state index is 0.199. The van der Waals surface area contributed by atoms with E-state index in [2.05, 4.69) is 5.32 Å². The van der Waals surface area contributed by atoms with E-state index in [1.165, 1.54) is 0 Å². The molecule has 3 heteroatoms. The standard InChI is InChI=1S/C7H15NO2/c1-5(2)6(4-8-3)7(9)10/h5-6,8H,4H2,1-3H3,(H,9,10)/t6-/m1/s1. The number of aliphatic carboxylic acids is 1. The van der Waals surface area contributed by atoms with Crippen LogP contribution < -0.4 is 5.32 Å². The van der Waals surface area contributed by atoms with Crippen LogP contribution in [-0.4, -0.2) is 24.7 Å². The SMILES string of the molecule is CNC[C@@H](C(=O)O)C(C)C. The molecule has 0 rings (SSSR count). The molecule has 3 nitrogen and oxygen atoms in total. The highest BCUT2D eigenvalue weighted by Crippen LogP contribution is 2.08. The second-order valence-corrected chi connectivity index (χ2v) is 2.75. The fourth-order valence-corrected chi connectivity index (χ4v) is 0.828. The summed E-state index contributed by atoms with van der Waals surface area (Å²) in [6.45, 7) is 4.37. The van der Waals surface area contributed by atoms with E-state index >= 15 is 0 Å². The van der Waals surface area contributed by atoms with Crippen LogP contribution in [-0.2, 0) is 4.79 Å². The summed E-state index contributed by atoms with van der Waals surface area (Å²) >= 11 is 0. The molecule has 0 amide bonds. The topological polar surface area (TPSA) is 49.3 Å². The molecule has 0 aromatic carbocycles. The molecule has 0 heterocycles. The third-order valence-corrected chi connectivity index (χ3v) is 1.55. The zero-order chi connectivity index (χ0) is 8.15. The molecule has 1 atom stereocenters. The van der Waals surface area contributed by atoms with Crippen molar-refractivity contribution in [2.45, 2.75) is 13.8 Å². The third kappa shape index (κ3) is 2.82. The lowest BCUT2D eigenvalue weighted by atomic mass is 9.96. The smallest absolute Gasteiger partial charge is 0.308 e. The monoisotopic (exact) mass is 145 g/mol. The first-order valence-electron chi connectivity index (χ1n) is 3.47. The van der Waals surface area contributed by atoms with Gasteiger partial charge in [-0.05, 0) is 13.0 Å². The molecule has 0 aromatic heterocycles. The first-order valence-corrected chi connectivity index (χ1v) is 3.47. The molecular formula is C7H15NO2.